The van der Waals surface area contributed by atoms with Gasteiger partial charge in [0, 0.05) is 81.8 Å². The Balaban J connectivity index is 0.951. The lowest BCUT2D eigenvalue weighted by Crippen LogP contribution is -2.61. The van der Waals surface area contributed by atoms with Crippen LogP contribution in [0.25, 0.3) is 0 Å². The van der Waals surface area contributed by atoms with Crippen molar-refractivity contribution < 1.29 is 31.5 Å². The van der Waals surface area contributed by atoms with Crippen LogP contribution in [0.2, 0.25) is 0 Å². The summed E-state index contributed by atoms with van der Waals surface area (Å²) in [5.74, 6) is 5.21. The van der Waals surface area contributed by atoms with E-state index in [0.717, 1.165) is 95.7 Å². The monoisotopic (exact) mass is 833 g/mol. The van der Waals surface area contributed by atoms with Crippen molar-refractivity contribution in [3.63, 3.8) is 0 Å². The molecule has 2 aromatic carbocycles. The minimum Gasteiger partial charge on any atom is -0.469 e. The molecule has 8 rings (SSSR count). The van der Waals surface area contributed by atoms with E-state index in [9.17, 15) is 22.4 Å². The number of esters is 1. The SMILES string of the molecule is CC#CC(=O)N1CC(S(=O)(=O)c2ccc(N3CC(C)(CN4CCC([C@@](CN5CCC5)(c5cccc(F)c5)[C@H]5CCC[C@@H]5CC(=O)OC)CC4)C3)cc2CN2CC(F)C2)C1. The molecule has 5 aliphatic heterocycles. The van der Waals surface area contributed by atoms with Gasteiger partial charge in [0.15, 0.2) is 9.84 Å². The number of hydrogen-bond donors (Lipinski definition) is 0. The van der Waals surface area contributed by atoms with Crippen molar-refractivity contribution in [2.75, 3.05) is 90.5 Å². The van der Waals surface area contributed by atoms with Crippen LogP contribution >= 0.6 is 0 Å². The number of piperidine rings is 1. The Morgan fingerprint density at radius 1 is 0.932 bits per heavy atom. The molecule has 5 heterocycles. The molecule has 59 heavy (non-hydrogen) atoms. The first-order valence-electron chi connectivity index (χ1n) is 21.8. The van der Waals surface area contributed by atoms with E-state index in [4.69, 9.17) is 4.74 Å². The highest BCUT2D eigenvalue weighted by molar-refractivity contribution is 7.92. The maximum Gasteiger partial charge on any atom is 0.305 e. The number of sulfone groups is 1. The zero-order valence-electron chi connectivity index (χ0n) is 35.0. The van der Waals surface area contributed by atoms with E-state index >= 15 is 4.39 Å². The van der Waals surface area contributed by atoms with Gasteiger partial charge in [-0.3, -0.25) is 14.5 Å². The van der Waals surface area contributed by atoms with Crippen LogP contribution in [0, 0.1) is 40.8 Å². The molecule has 0 unspecified atom stereocenters. The Bertz CT molecular complexity index is 2040. The van der Waals surface area contributed by atoms with Gasteiger partial charge in [-0.15, -0.1) is 0 Å². The van der Waals surface area contributed by atoms with E-state index in [0.29, 0.717) is 37.5 Å². The van der Waals surface area contributed by atoms with Gasteiger partial charge in [0.2, 0.25) is 0 Å². The second kappa shape index (κ2) is 17.1. The summed E-state index contributed by atoms with van der Waals surface area (Å²) < 4.78 is 61.9. The molecule has 5 saturated heterocycles. The number of methoxy groups -OCH3 is 1. The lowest BCUT2D eigenvalue weighted by atomic mass is 9.56. The summed E-state index contributed by atoms with van der Waals surface area (Å²) in [4.78, 5) is 36.0. The lowest BCUT2D eigenvalue weighted by molar-refractivity contribution is -0.142. The normalized spacial score (nSPS) is 25.5. The van der Waals surface area contributed by atoms with Crippen molar-refractivity contribution in [3.05, 3.63) is 59.4 Å². The highest BCUT2D eigenvalue weighted by Gasteiger charge is 2.53. The minimum absolute atomic E-state index is 0.0499. The van der Waals surface area contributed by atoms with Gasteiger partial charge >= 0.3 is 5.97 Å². The number of carbonyl (C=O) groups excluding carboxylic acids is 2. The second-order valence-corrected chi connectivity index (χ2v) is 21.0. The van der Waals surface area contributed by atoms with Crippen molar-refractivity contribution in [1.29, 1.82) is 0 Å². The van der Waals surface area contributed by atoms with Crippen LogP contribution in [-0.2, 0) is 36.1 Å². The van der Waals surface area contributed by atoms with Gasteiger partial charge in [-0.05, 0) is 130 Å². The first kappa shape index (κ1) is 42.1. The van der Waals surface area contributed by atoms with E-state index in [1.807, 2.05) is 23.1 Å². The number of nitrogens with zero attached hydrogens (tertiary/aromatic N) is 5. The number of ether oxygens (including phenoxy) is 1. The van der Waals surface area contributed by atoms with Crippen molar-refractivity contribution in [2.45, 2.75) is 87.1 Å². The molecular weight excluding hydrogens is 773 g/mol. The summed E-state index contributed by atoms with van der Waals surface area (Å²) in [5.41, 5.74) is 2.54. The Morgan fingerprint density at radius 3 is 2.32 bits per heavy atom. The quantitative estimate of drug-likeness (QED) is 0.190. The van der Waals surface area contributed by atoms with Crippen molar-refractivity contribution in [1.82, 2.24) is 19.6 Å². The highest BCUT2D eigenvalue weighted by Crippen LogP contribution is 2.54. The Kier molecular flexibility index (Phi) is 12.2. The van der Waals surface area contributed by atoms with Crippen LogP contribution < -0.4 is 4.90 Å². The minimum atomic E-state index is -3.72. The fourth-order valence-corrected chi connectivity index (χ4v) is 13.4. The number of benzene rings is 2. The first-order valence-corrected chi connectivity index (χ1v) is 23.3. The van der Waals surface area contributed by atoms with E-state index in [-0.39, 0.29) is 58.3 Å². The Hall–Kier alpha value is -3.57. The van der Waals surface area contributed by atoms with Gasteiger partial charge in [0.1, 0.15) is 17.2 Å². The van der Waals surface area contributed by atoms with Crippen LogP contribution in [0.3, 0.4) is 0 Å². The molecule has 1 aliphatic carbocycles. The van der Waals surface area contributed by atoms with E-state index in [2.05, 4.69) is 39.5 Å². The molecule has 0 N–H and O–H groups in total. The van der Waals surface area contributed by atoms with Crippen LogP contribution in [0.5, 0.6) is 0 Å². The van der Waals surface area contributed by atoms with Crippen molar-refractivity contribution >= 4 is 27.4 Å². The molecule has 320 valence electrons. The van der Waals surface area contributed by atoms with E-state index in [1.54, 1.807) is 25.1 Å². The van der Waals surface area contributed by atoms with Gasteiger partial charge < -0.3 is 24.3 Å². The molecule has 3 atom stereocenters. The number of anilines is 1. The van der Waals surface area contributed by atoms with Gasteiger partial charge in [-0.1, -0.05) is 31.4 Å². The first-order chi connectivity index (χ1) is 28.3. The third-order valence-electron chi connectivity index (χ3n) is 14.7. The summed E-state index contributed by atoms with van der Waals surface area (Å²) >= 11 is 0. The maximum absolute atomic E-state index is 15.1. The number of carbonyl (C=O) groups is 2. The number of alkyl halides is 1. The fraction of sp³-hybridized carbons (Fsp3) is 0.652. The molecule has 13 heteroatoms. The number of rotatable bonds is 14. The smallest absolute Gasteiger partial charge is 0.305 e. The molecule has 0 spiro atoms. The van der Waals surface area contributed by atoms with Gasteiger partial charge in [-0.2, -0.15) is 0 Å². The molecule has 0 aromatic heterocycles. The fourth-order valence-electron chi connectivity index (χ4n) is 11.5. The number of amides is 1. The van der Waals surface area contributed by atoms with E-state index in [1.165, 1.54) is 18.4 Å². The maximum atomic E-state index is 15.1. The van der Waals surface area contributed by atoms with Crippen LogP contribution in [0.1, 0.15) is 69.9 Å². The van der Waals surface area contributed by atoms with E-state index < -0.39 is 21.3 Å². The summed E-state index contributed by atoms with van der Waals surface area (Å²) in [5, 5.41) is -0.689. The zero-order valence-corrected chi connectivity index (χ0v) is 35.8. The molecule has 0 bridgehead atoms. The molecule has 6 fully saturated rings. The van der Waals surface area contributed by atoms with Crippen molar-refractivity contribution in [3.8, 4) is 11.8 Å². The largest absolute Gasteiger partial charge is 0.469 e. The van der Waals surface area contributed by atoms with Gasteiger partial charge in [-0.25, -0.2) is 17.2 Å². The highest BCUT2D eigenvalue weighted by atomic mass is 32.2. The Labute approximate surface area is 349 Å². The molecule has 2 aromatic rings. The predicted molar refractivity (Wildman–Crippen MR) is 224 cm³/mol. The standard InChI is InChI=1S/C46H61F2N5O5S/c1-4-8-43(54)52-27-40(28-52)59(56,57)42-14-13-39(21-34(42)24-51-25-38(48)26-51)53-30-45(2,31-53)29-50-19-15-35(16-20-50)46(32-49-17-7-18-49,36-10-6-11-37(47)23-36)41-12-5-9-33(41)22-44(55)58-3/h6,10-11,13-14,21,23,33,35,38,40-41H,5,7,9,12,15-20,22,24-32H2,1-3H3/t33-,41+,46+/m1/s1. The molecule has 1 saturated carbocycles. The van der Waals surface area contributed by atoms with Crippen LogP contribution in [0.4, 0.5) is 14.5 Å². The second-order valence-electron chi connectivity index (χ2n) is 18.8. The summed E-state index contributed by atoms with van der Waals surface area (Å²) in [7, 11) is -2.24. The number of halogens is 2. The topological polar surface area (TPSA) is 93.7 Å². The summed E-state index contributed by atoms with van der Waals surface area (Å²) in [6.45, 7) is 12.7. The lowest BCUT2D eigenvalue weighted by Gasteiger charge is -2.55. The van der Waals surface area contributed by atoms with Gasteiger partial charge in [0.05, 0.1) is 12.0 Å². The Morgan fingerprint density at radius 2 is 1.68 bits per heavy atom. The predicted octanol–water partition coefficient (Wildman–Crippen LogP) is 5.15. The molecule has 0 radical (unpaired) electrons. The van der Waals surface area contributed by atoms with Gasteiger partial charge in [0.25, 0.3) is 5.91 Å². The van der Waals surface area contributed by atoms with Crippen molar-refractivity contribution in [2.24, 2.45) is 23.2 Å². The number of likely N-dealkylation sites (tertiary alicyclic amines) is 4. The average molecular weight is 834 g/mol. The zero-order chi connectivity index (χ0) is 41.5. The van der Waals surface area contributed by atoms with Crippen LogP contribution in [-0.4, -0.2) is 137 Å². The van der Waals surface area contributed by atoms with Crippen LogP contribution in [0.15, 0.2) is 47.4 Å². The summed E-state index contributed by atoms with van der Waals surface area (Å²) in [6.07, 6.45) is 5.84. The summed E-state index contributed by atoms with van der Waals surface area (Å²) in [6, 6.07) is 12.9. The average Bonchev–Trinajstić information content (AvgIpc) is 3.61. The third kappa shape index (κ3) is 8.53. The molecular formula is C46H61F2N5O5S. The molecule has 10 nitrogen and oxygen atoms in total. The third-order valence-corrected chi connectivity index (χ3v) is 16.9. The molecule has 6 aliphatic rings. The number of hydrogen-bond acceptors (Lipinski definition) is 9. The molecule has 1 amide bonds.